The first kappa shape index (κ1) is 22.7. The van der Waals surface area contributed by atoms with E-state index in [1.807, 2.05) is 75.5 Å². The number of phenols is 1. The molecule has 3 N–H and O–H groups in total. The molecule has 30 heavy (non-hydrogen) atoms. The van der Waals surface area contributed by atoms with E-state index in [1.165, 1.54) is 11.3 Å². The normalized spacial score (nSPS) is 11.5. The summed E-state index contributed by atoms with van der Waals surface area (Å²) in [7, 11) is 0. The molecule has 1 aromatic heterocycles. The van der Waals surface area contributed by atoms with Gasteiger partial charge >= 0.3 is 6.09 Å². The Bertz CT molecular complexity index is 993. The third-order valence-electron chi connectivity index (χ3n) is 4.00. The van der Waals surface area contributed by atoms with Crippen LogP contribution in [0.25, 0.3) is 0 Å². The van der Waals surface area contributed by atoms with Gasteiger partial charge in [-0.15, -0.1) is 11.3 Å². The molecule has 1 atom stereocenters. The number of aromatic hydroxyl groups is 1. The molecule has 7 nitrogen and oxygen atoms in total. The number of alkyl carbamates (subject to hydrolysis) is 1. The molecule has 0 saturated heterocycles. The molecule has 0 aliphatic rings. The van der Waals surface area contributed by atoms with Crippen molar-refractivity contribution in [2.75, 3.05) is 5.32 Å². The maximum Gasteiger partial charge on any atom is 0.408 e. The van der Waals surface area contributed by atoms with Gasteiger partial charge in [-0.05, 0) is 68.4 Å². The fourth-order valence-corrected chi connectivity index (χ4v) is 4.99. The highest BCUT2D eigenvalue weighted by atomic mass is 127. The summed E-state index contributed by atoms with van der Waals surface area (Å²) in [4.78, 5) is 29.2. The SMILES string of the molecule is O=C(NC(Cc1cc(I)c(O)c(I)c1)C(=O)Nc1nccs1)OCc1ccccc1. The molecule has 3 aromatic rings. The molecule has 0 aliphatic heterocycles. The van der Waals surface area contributed by atoms with Gasteiger partial charge in [0, 0.05) is 18.0 Å². The second-order valence-electron chi connectivity index (χ2n) is 6.20. The largest absolute Gasteiger partial charge is 0.506 e. The number of carbonyl (C=O) groups is 2. The van der Waals surface area contributed by atoms with E-state index in [2.05, 4.69) is 15.6 Å². The van der Waals surface area contributed by atoms with Crippen molar-refractivity contribution in [2.45, 2.75) is 19.1 Å². The van der Waals surface area contributed by atoms with Crippen LogP contribution in [0, 0.1) is 7.14 Å². The van der Waals surface area contributed by atoms with E-state index in [-0.39, 0.29) is 18.8 Å². The average Bonchev–Trinajstić information content (AvgIpc) is 3.23. The van der Waals surface area contributed by atoms with Crippen LogP contribution in [0.5, 0.6) is 5.75 Å². The van der Waals surface area contributed by atoms with E-state index in [4.69, 9.17) is 4.74 Å². The summed E-state index contributed by atoms with van der Waals surface area (Å²) in [5.74, 6) is -0.210. The molecule has 1 unspecified atom stereocenters. The molecule has 1 heterocycles. The van der Waals surface area contributed by atoms with Crippen molar-refractivity contribution in [1.82, 2.24) is 10.3 Å². The fraction of sp³-hybridized carbons (Fsp3) is 0.150. The number of carbonyl (C=O) groups excluding carboxylic acids is 2. The van der Waals surface area contributed by atoms with Crippen LogP contribution in [0.15, 0.2) is 54.0 Å². The lowest BCUT2D eigenvalue weighted by Crippen LogP contribution is -2.45. The molecular weight excluding hydrogens is 632 g/mol. The maximum atomic E-state index is 12.8. The van der Waals surface area contributed by atoms with E-state index in [0.717, 1.165) is 11.1 Å². The number of benzene rings is 2. The summed E-state index contributed by atoms with van der Waals surface area (Å²) in [6.07, 6.45) is 1.12. The van der Waals surface area contributed by atoms with E-state index in [0.29, 0.717) is 12.3 Å². The smallest absolute Gasteiger partial charge is 0.408 e. The average molecular weight is 649 g/mol. The third-order valence-corrected chi connectivity index (χ3v) is 6.33. The summed E-state index contributed by atoms with van der Waals surface area (Å²) in [6.45, 7) is 0.0997. The van der Waals surface area contributed by atoms with Crippen LogP contribution in [0.2, 0.25) is 0 Å². The molecule has 10 heteroatoms. The van der Waals surface area contributed by atoms with Crippen molar-refractivity contribution < 1.29 is 19.4 Å². The number of anilines is 1. The zero-order chi connectivity index (χ0) is 21.5. The molecule has 2 amide bonds. The summed E-state index contributed by atoms with van der Waals surface area (Å²) in [6, 6.07) is 12.0. The number of hydrogen-bond donors (Lipinski definition) is 3. The Hall–Kier alpha value is -1.93. The minimum atomic E-state index is -0.881. The Morgan fingerprint density at radius 1 is 1.13 bits per heavy atom. The van der Waals surface area contributed by atoms with Crippen molar-refractivity contribution in [3.63, 3.8) is 0 Å². The lowest BCUT2D eigenvalue weighted by molar-refractivity contribution is -0.118. The molecule has 3 rings (SSSR count). The zero-order valence-electron chi connectivity index (χ0n) is 15.5. The number of halogens is 2. The lowest BCUT2D eigenvalue weighted by Gasteiger charge is -2.18. The van der Waals surface area contributed by atoms with Gasteiger partial charge in [0.1, 0.15) is 18.4 Å². The Labute approximate surface area is 204 Å². The second kappa shape index (κ2) is 10.9. The standard InChI is InChI=1S/C20H17I2N3O4S/c21-14-8-13(9-15(22)17(14)26)10-16(18(27)25-19-23-6-7-30-19)24-20(28)29-11-12-4-2-1-3-5-12/h1-9,16,26H,10-11H2,(H,24,28)(H,23,25,27). The van der Waals surface area contributed by atoms with Gasteiger partial charge in [-0.3, -0.25) is 4.79 Å². The molecule has 156 valence electrons. The number of nitrogens with one attached hydrogen (secondary N) is 2. The van der Waals surface area contributed by atoms with Crippen LogP contribution >= 0.6 is 56.5 Å². The first-order valence-corrected chi connectivity index (χ1v) is 11.8. The molecule has 0 radical (unpaired) electrons. The molecule has 0 saturated carbocycles. The number of nitrogens with zero attached hydrogens (tertiary/aromatic N) is 1. The first-order chi connectivity index (χ1) is 14.4. The van der Waals surface area contributed by atoms with Gasteiger partial charge in [-0.1, -0.05) is 30.3 Å². The van der Waals surface area contributed by atoms with Crippen molar-refractivity contribution in [3.8, 4) is 5.75 Å². The van der Waals surface area contributed by atoms with Gasteiger partial charge in [0.2, 0.25) is 5.91 Å². The molecule has 0 spiro atoms. The monoisotopic (exact) mass is 649 g/mol. The maximum absolute atomic E-state index is 12.8. The van der Waals surface area contributed by atoms with Crippen LogP contribution in [0.4, 0.5) is 9.93 Å². The number of hydrogen-bond acceptors (Lipinski definition) is 6. The second-order valence-corrected chi connectivity index (χ2v) is 9.42. The van der Waals surface area contributed by atoms with E-state index in [1.54, 1.807) is 23.7 Å². The summed E-state index contributed by atoms with van der Waals surface area (Å²) >= 11 is 5.34. The number of amides is 2. The Morgan fingerprint density at radius 2 is 1.83 bits per heavy atom. The number of rotatable bonds is 7. The van der Waals surface area contributed by atoms with Crippen LogP contribution in [-0.4, -0.2) is 28.1 Å². The number of ether oxygens (including phenoxy) is 1. The predicted octanol–water partition coefficient (Wildman–Crippen LogP) is 4.53. The highest BCUT2D eigenvalue weighted by Crippen LogP contribution is 2.28. The molecular formula is C20H17I2N3O4S. The highest BCUT2D eigenvalue weighted by Gasteiger charge is 2.23. The zero-order valence-corrected chi connectivity index (χ0v) is 20.6. The van der Waals surface area contributed by atoms with Crippen LogP contribution in [0.3, 0.4) is 0 Å². The van der Waals surface area contributed by atoms with Crippen LogP contribution in [-0.2, 0) is 22.6 Å². The summed E-state index contributed by atoms with van der Waals surface area (Å²) in [5.41, 5.74) is 1.64. The first-order valence-electron chi connectivity index (χ1n) is 8.77. The molecule has 0 fully saturated rings. The molecule has 0 aliphatic carbocycles. The van der Waals surface area contributed by atoms with Gasteiger partial charge in [0.15, 0.2) is 5.13 Å². The highest BCUT2D eigenvalue weighted by molar-refractivity contribution is 14.1. The van der Waals surface area contributed by atoms with Crippen molar-refractivity contribution in [2.24, 2.45) is 0 Å². The number of phenolic OH excluding ortho intramolecular Hbond substituents is 1. The summed E-state index contributed by atoms with van der Waals surface area (Å²) < 4.78 is 6.60. The molecule has 0 bridgehead atoms. The van der Waals surface area contributed by atoms with Gasteiger partial charge in [0.25, 0.3) is 0 Å². The van der Waals surface area contributed by atoms with Crippen molar-refractivity contribution in [3.05, 3.63) is 72.3 Å². The van der Waals surface area contributed by atoms with Gasteiger partial charge in [-0.25, -0.2) is 9.78 Å². The van der Waals surface area contributed by atoms with Crippen LogP contribution < -0.4 is 10.6 Å². The topological polar surface area (TPSA) is 101 Å². The minimum Gasteiger partial charge on any atom is -0.506 e. The van der Waals surface area contributed by atoms with Crippen LogP contribution in [0.1, 0.15) is 11.1 Å². The Morgan fingerprint density at radius 3 is 2.47 bits per heavy atom. The summed E-state index contributed by atoms with van der Waals surface area (Å²) in [5, 5.41) is 17.5. The van der Waals surface area contributed by atoms with Gasteiger partial charge < -0.3 is 20.5 Å². The van der Waals surface area contributed by atoms with Crippen molar-refractivity contribution >= 4 is 73.7 Å². The Kier molecular flexibility index (Phi) is 8.27. The lowest BCUT2D eigenvalue weighted by atomic mass is 10.1. The number of thiazole rings is 1. The Balaban J connectivity index is 1.71. The minimum absolute atomic E-state index is 0.0997. The van der Waals surface area contributed by atoms with Crippen molar-refractivity contribution in [1.29, 1.82) is 0 Å². The molecule has 2 aromatic carbocycles. The fourth-order valence-electron chi connectivity index (χ4n) is 2.57. The van der Waals surface area contributed by atoms with E-state index in [9.17, 15) is 14.7 Å². The number of aromatic nitrogens is 1. The quantitative estimate of drug-likeness (QED) is 0.327. The van der Waals surface area contributed by atoms with E-state index < -0.39 is 18.0 Å². The van der Waals surface area contributed by atoms with Gasteiger partial charge in [-0.2, -0.15) is 0 Å². The van der Waals surface area contributed by atoms with E-state index >= 15 is 0 Å². The predicted molar refractivity (Wildman–Crippen MR) is 132 cm³/mol. The third kappa shape index (κ3) is 6.54. The van der Waals surface area contributed by atoms with Gasteiger partial charge in [0.05, 0.1) is 7.14 Å².